The molecule has 1 unspecified atom stereocenters. The van der Waals surface area contributed by atoms with Gasteiger partial charge in [-0.05, 0) is 48.6 Å². The van der Waals surface area contributed by atoms with Gasteiger partial charge < -0.3 is 14.4 Å². The molecule has 1 saturated heterocycles. The van der Waals surface area contributed by atoms with Crippen molar-refractivity contribution >= 4 is 5.91 Å². The normalized spacial score (nSPS) is 17.4. The van der Waals surface area contributed by atoms with Gasteiger partial charge in [-0.15, -0.1) is 13.2 Å². The van der Waals surface area contributed by atoms with Crippen molar-refractivity contribution in [3.63, 3.8) is 0 Å². The number of likely N-dealkylation sites (tertiary alicyclic amines) is 1. The number of ether oxygens (including phenoxy) is 2. The molecule has 7 heteroatoms. The second kappa shape index (κ2) is 9.10. The molecule has 1 aliphatic rings. The number of halogens is 3. The zero-order valence-electron chi connectivity index (χ0n) is 15.3. The molecule has 1 aliphatic heterocycles. The average Bonchev–Trinajstić information content (AvgIpc) is 2.68. The second-order valence-electron chi connectivity index (χ2n) is 6.83. The van der Waals surface area contributed by atoms with Gasteiger partial charge in [-0.2, -0.15) is 0 Å². The number of nitrogens with zero attached hydrogens (tertiary/aromatic N) is 1. The predicted octanol–water partition coefficient (Wildman–Crippen LogP) is 4.65. The Hall–Kier alpha value is -2.54. The molecule has 0 bridgehead atoms. The molecule has 0 aliphatic carbocycles. The standard InChI is InChI=1S/C21H22F3NO3/c22-21(23,24)28-19-10-8-18(9-11-19)20(26)25-12-4-7-17(13-25)15-27-14-16-5-2-1-3-6-16/h1-3,5-6,8-11,17H,4,7,12-15H2. The first-order valence-corrected chi connectivity index (χ1v) is 9.17. The summed E-state index contributed by atoms with van der Waals surface area (Å²) in [7, 11) is 0. The van der Waals surface area contributed by atoms with E-state index in [9.17, 15) is 18.0 Å². The van der Waals surface area contributed by atoms with Crippen LogP contribution in [0.3, 0.4) is 0 Å². The maximum atomic E-state index is 12.7. The molecule has 3 rings (SSSR count). The number of amides is 1. The summed E-state index contributed by atoms with van der Waals surface area (Å²) in [6.45, 7) is 2.31. The fraction of sp³-hybridized carbons (Fsp3) is 0.381. The number of piperidine rings is 1. The van der Waals surface area contributed by atoms with Gasteiger partial charge in [0.1, 0.15) is 5.75 Å². The van der Waals surface area contributed by atoms with Crippen LogP contribution in [0.25, 0.3) is 0 Å². The summed E-state index contributed by atoms with van der Waals surface area (Å²) in [5.41, 5.74) is 1.45. The number of hydrogen-bond acceptors (Lipinski definition) is 3. The molecular weight excluding hydrogens is 371 g/mol. The Morgan fingerprint density at radius 3 is 2.46 bits per heavy atom. The van der Waals surface area contributed by atoms with Crippen LogP contribution in [0.2, 0.25) is 0 Å². The van der Waals surface area contributed by atoms with Crippen LogP contribution in [0.1, 0.15) is 28.8 Å². The first-order chi connectivity index (χ1) is 13.4. The van der Waals surface area contributed by atoms with Crippen LogP contribution in [0, 0.1) is 5.92 Å². The largest absolute Gasteiger partial charge is 0.573 e. The quantitative estimate of drug-likeness (QED) is 0.717. The van der Waals surface area contributed by atoms with Crippen molar-refractivity contribution in [3.8, 4) is 5.75 Å². The van der Waals surface area contributed by atoms with Gasteiger partial charge >= 0.3 is 6.36 Å². The SMILES string of the molecule is O=C(c1ccc(OC(F)(F)F)cc1)N1CCCC(COCc2ccccc2)C1. The van der Waals surface area contributed by atoms with E-state index in [4.69, 9.17) is 4.74 Å². The molecule has 0 radical (unpaired) electrons. The van der Waals surface area contributed by atoms with Crippen LogP contribution in [-0.4, -0.2) is 36.9 Å². The third-order valence-corrected chi connectivity index (χ3v) is 4.61. The van der Waals surface area contributed by atoms with Gasteiger partial charge in [-0.25, -0.2) is 0 Å². The van der Waals surface area contributed by atoms with Crippen molar-refractivity contribution in [2.24, 2.45) is 5.92 Å². The number of benzene rings is 2. The van der Waals surface area contributed by atoms with Gasteiger partial charge in [0.2, 0.25) is 0 Å². The molecule has 1 fully saturated rings. The molecule has 0 N–H and O–H groups in total. The first kappa shape index (κ1) is 20.2. The Bertz CT molecular complexity index is 763. The van der Waals surface area contributed by atoms with Gasteiger partial charge in [-0.1, -0.05) is 30.3 Å². The van der Waals surface area contributed by atoms with Gasteiger partial charge in [0.15, 0.2) is 0 Å². The molecule has 1 amide bonds. The lowest BCUT2D eigenvalue weighted by Gasteiger charge is -2.32. The van der Waals surface area contributed by atoms with Crippen LogP contribution >= 0.6 is 0 Å². The van der Waals surface area contributed by atoms with E-state index in [2.05, 4.69) is 4.74 Å². The lowest BCUT2D eigenvalue weighted by Crippen LogP contribution is -2.41. The van der Waals surface area contributed by atoms with E-state index >= 15 is 0 Å². The molecule has 28 heavy (non-hydrogen) atoms. The van der Waals surface area contributed by atoms with Crippen molar-refractivity contribution in [2.45, 2.75) is 25.8 Å². The molecule has 150 valence electrons. The predicted molar refractivity (Wildman–Crippen MR) is 97.9 cm³/mol. The third kappa shape index (κ3) is 5.99. The number of rotatable bonds is 6. The zero-order valence-corrected chi connectivity index (χ0v) is 15.3. The maximum Gasteiger partial charge on any atom is 0.573 e. The third-order valence-electron chi connectivity index (χ3n) is 4.61. The Labute approximate surface area is 161 Å². The minimum atomic E-state index is -4.74. The molecule has 0 spiro atoms. The summed E-state index contributed by atoms with van der Waals surface area (Å²) in [4.78, 5) is 14.4. The minimum absolute atomic E-state index is 0.189. The van der Waals surface area contributed by atoms with Gasteiger partial charge in [0.25, 0.3) is 5.91 Å². The van der Waals surface area contributed by atoms with Crippen LogP contribution in [0.5, 0.6) is 5.75 Å². The number of hydrogen-bond donors (Lipinski definition) is 0. The van der Waals surface area contributed by atoms with E-state index in [0.717, 1.165) is 30.5 Å². The van der Waals surface area contributed by atoms with Crippen LogP contribution in [-0.2, 0) is 11.3 Å². The van der Waals surface area contributed by atoms with Gasteiger partial charge in [-0.3, -0.25) is 4.79 Å². The van der Waals surface area contributed by atoms with Crippen molar-refractivity contribution in [1.29, 1.82) is 0 Å². The van der Waals surface area contributed by atoms with Crippen LogP contribution < -0.4 is 4.74 Å². The van der Waals surface area contributed by atoms with E-state index in [1.54, 1.807) is 4.90 Å². The molecule has 1 heterocycles. The van der Waals surface area contributed by atoms with Gasteiger partial charge in [0.05, 0.1) is 13.2 Å². The molecule has 1 atom stereocenters. The summed E-state index contributed by atoms with van der Waals surface area (Å²) in [6, 6.07) is 14.9. The number of carbonyl (C=O) groups excluding carboxylic acids is 1. The molecule has 2 aromatic rings. The summed E-state index contributed by atoms with van der Waals surface area (Å²) in [6.07, 6.45) is -2.89. The van der Waals surface area contributed by atoms with Crippen LogP contribution in [0.4, 0.5) is 13.2 Å². The lowest BCUT2D eigenvalue weighted by molar-refractivity contribution is -0.274. The van der Waals surface area contributed by atoms with E-state index < -0.39 is 6.36 Å². The number of alkyl halides is 3. The Balaban J connectivity index is 1.51. The second-order valence-corrected chi connectivity index (χ2v) is 6.83. The fourth-order valence-corrected chi connectivity index (χ4v) is 3.29. The van der Waals surface area contributed by atoms with E-state index in [1.807, 2.05) is 30.3 Å². The highest BCUT2D eigenvalue weighted by atomic mass is 19.4. The lowest BCUT2D eigenvalue weighted by atomic mass is 9.98. The topological polar surface area (TPSA) is 38.8 Å². The summed E-state index contributed by atoms with van der Waals surface area (Å²) in [5, 5.41) is 0. The first-order valence-electron chi connectivity index (χ1n) is 9.17. The number of carbonyl (C=O) groups is 1. The average molecular weight is 393 g/mol. The monoisotopic (exact) mass is 393 g/mol. The fourth-order valence-electron chi connectivity index (χ4n) is 3.29. The summed E-state index contributed by atoms with van der Waals surface area (Å²) < 4.78 is 46.3. The minimum Gasteiger partial charge on any atom is -0.406 e. The highest BCUT2D eigenvalue weighted by Crippen LogP contribution is 2.24. The Morgan fingerprint density at radius 1 is 1.07 bits per heavy atom. The molecule has 4 nitrogen and oxygen atoms in total. The highest BCUT2D eigenvalue weighted by Gasteiger charge is 2.31. The maximum absolute atomic E-state index is 12.7. The Kier molecular flexibility index (Phi) is 6.57. The highest BCUT2D eigenvalue weighted by molar-refractivity contribution is 5.94. The molecule has 2 aromatic carbocycles. The van der Waals surface area contributed by atoms with E-state index in [-0.39, 0.29) is 17.6 Å². The van der Waals surface area contributed by atoms with Crippen molar-refractivity contribution in [1.82, 2.24) is 4.90 Å². The van der Waals surface area contributed by atoms with Gasteiger partial charge in [0, 0.05) is 18.7 Å². The molecular formula is C21H22F3NO3. The molecule has 0 saturated carbocycles. The van der Waals surface area contributed by atoms with Crippen molar-refractivity contribution < 1.29 is 27.4 Å². The van der Waals surface area contributed by atoms with Crippen LogP contribution in [0.15, 0.2) is 54.6 Å². The summed E-state index contributed by atoms with van der Waals surface area (Å²) in [5.74, 6) is -0.282. The van der Waals surface area contributed by atoms with Crippen molar-refractivity contribution in [3.05, 3.63) is 65.7 Å². The van der Waals surface area contributed by atoms with E-state index in [1.165, 1.54) is 12.1 Å². The smallest absolute Gasteiger partial charge is 0.406 e. The summed E-state index contributed by atoms with van der Waals surface area (Å²) >= 11 is 0. The molecule has 0 aromatic heterocycles. The zero-order chi connectivity index (χ0) is 20.0. The Morgan fingerprint density at radius 2 is 1.79 bits per heavy atom. The van der Waals surface area contributed by atoms with Crippen molar-refractivity contribution in [2.75, 3.05) is 19.7 Å². The van der Waals surface area contributed by atoms with E-state index in [0.29, 0.717) is 31.9 Å².